The fraction of sp³-hybridized carbons (Fsp3) is 0.800. The van der Waals surface area contributed by atoms with Gasteiger partial charge in [0.05, 0.1) is 10.7 Å². The summed E-state index contributed by atoms with van der Waals surface area (Å²) in [6, 6.07) is 0.591. The summed E-state index contributed by atoms with van der Waals surface area (Å²) in [5.41, 5.74) is 1.23. The van der Waals surface area contributed by atoms with Gasteiger partial charge in [-0.25, -0.2) is 4.98 Å². The highest BCUT2D eigenvalue weighted by Crippen LogP contribution is 2.23. The molecule has 2 aliphatic rings. The van der Waals surface area contributed by atoms with Crippen molar-refractivity contribution in [3.63, 3.8) is 0 Å². The Labute approximate surface area is 162 Å². The van der Waals surface area contributed by atoms with Crippen LogP contribution >= 0.6 is 11.3 Å². The molecule has 0 radical (unpaired) electrons. The van der Waals surface area contributed by atoms with Crippen molar-refractivity contribution in [3.8, 4) is 0 Å². The van der Waals surface area contributed by atoms with Gasteiger partial charge in [0.15, 0.2) is 5.96 Å². The van der Waals surface area contributed by atoms with E-state index in [9.17, 15) is 0 Å². The monoisotopic (exact) mass is 377 g/mol. The first-order valence-corrected chi connectivity index (χ1v) is 11.1. The number of nitrogens with zero attached hydrogens (tertiary/aromatic N) is 3. The normalized spacial score (nSPS) is 26.0. The predicted molar refractivity (Wildman–Crippen MR) is 111 cm³/mol. The number of aliphatic imine (C=N–C) groups is 1. The SMILES string of the molecule is CN=C(NCC1CCN(Cc2csc(C)n2)CC1)NC1CCCC(C)C1. The van der Waals surface area contributed by atoms with Crippen LogP contribution in [0.15, 0.2) is 10.4 Å². The fourth-order valence-corrected chi connectivity index (χ4v) is 4.86. The Bertz CT molecular complexity index is 577. The van der Waals surface area contributed by atoms with Crippen LogP contribution < -0.4 is 10.6 Å². The van der Waals surface area contributed by atoms with E-state index < -0.39 is 0 Å². The van der Waals surface area contributed by atoms with Gasteiger partial charge in [-0.05, 0) is 57.5 Å². The number of hydrogen-bond acceptors (Lipinski definition) is 4. The molecule has 0 amide bonds. The third-order valence-corrected chi connectivity index (χ3v) is 6.64. The number of aryl methyl sites for hydroxylation is 1. The fourth-order valence-electron chi connectivity index (χ4n) is 4.25. The standard InChI is InChI=1S/C20H35N5S/c1-15-5-4-6-18(11-15)24-20(21-3)22-12-17-7-9-25(10-8-17)13-19-14-26-16(2)23-19/h14-15,17-18H,4-13H2,1-3H3,(H2,21,22,24). The molecule has 26 heavy (non-hydrogen) atoms. The summed E-state index contributed by atoms with van der Waals surface area (Å²) in [5.74, 6) is 2.57. The average molecular weight is 378 g/mol. The zero-order valence-electron chi connectivity index (χ0n) is 16.6. The summed E-state index contributed by atoms with van der Waals surface area (Å²) in [6.07, 6.45) is 7.78. The van der Waals surface area contributed by atoms with Gasteiger partial charge in [0, 0.05) is 31.6 Å². The number of nitrogens with one attached hydrogen (secondary N) is 2. The molecular formula is C20H35N5S. The molecule has 2 atom stereocenters. The number of likely N-dealkylation sites (tertiary alicyclic amines) is 1. The van der Waals surface area contributed by atoms with Crippen molar-refractivity contribution in [2.24, 2.45) is 16.8 Å². The first-order valence-electron chi connectivity index (χ1n) is 10.2. The number of thiazole rings is 1. The van der Waals surface area contributed by atoms with Crippen LogP contribution in [0, 0.1) is 18.8 Å². The molecule has 0 spiro atoms. The minimum absolute atomic E-state index is 0.591. The molecule has 146 valence electrons. The molecule has 1 aliphatic carbocycles. The number of aromatic nitrogens is 1. The van der Waals surface area contributed by atoms with Gasteiger partial charge in [0.25, 0.3) is 0 Å². The van der Waals surface area contributed by atoms with Gasteiger partial charge in [0.1, 0.15) is 0 Å². The molecule has 6 heteroatoms. The summed E-state index contributed by atoms with van der Waals surface area (Å²) in [6.45, 7) is 8.84. The molecule has 0 bridgehead atoms. The summed E-state index contributed by atoms with van der Waals surface area (Å²) < 4.78 is 0. The zero-order valence-corrected chi connectivity index (χ0v) is 17.4. The molecule has 0 aromatic carbocycles. The molecule has 1 saturated carbocycles. The van der Waals surface area contributed by atoms with Crippen LogP contribution in [0.3, 0.4) is 0 Å². The summed E-state index contributed by atoms with van der Waals surface area (Å²) in [4.78, 5) is 11.6. The third kappa shape index (κ3) is 5.95. The highest BCUT2D eigenvalue weighted by atomic mass is 32.1. The van der Waals surface area contributed by atoms with Gasteiger partial charge >= 0.3 is 0 Å². The maximum atomic E-state index is 4.60. The van der Waals surface area contributed by atoms with Gasteiger partial charge in [-0.15, -0.1) is 11.3 Å². The molecule has 1 aromatic rings. The van der Waals surface area contributed by atoms with Gasteiger partial charge in [-0.1, -0.05) is 19.8 Å². The summed E-state index contributed by atoms with van der Waals surface area (Å²) in [7, 11) is 1.89. The predicted octanol–water partition coefficient (Wildman–Crippen LogP) is 3.41. The van der Waals surface area contributed by atoms with Crippen LogP contribution in [0.5, 0.6) is 0 Å². The second-order valence-corrected chi connectivity index (χ2v) is 9.21. The molecule has 3 rings (SSSR count). The van der Waals surface area contributed by atoms with Crippen LogP contribution in [0.2, 0.25) is 0 Å². The van der Waals surface area contributed by atoms with Gasteiger partial charge in [-0.3, -0.25) is 9.89 Å². The number of hydrogen-bond donors (Lipinski definition) is 2. The Kier molecular flexibility index (Phi) is 7.32. The minimum Gasteiger partial charge on any atom is -0.356 e. The number of piperidine rings is 1. The van der Waals surface area contributed by atoms with E-state index in [2.05, 4.69) is 44.7 Å². The number of guanidine groups is 1. The largest absolute Gasteiger partial charge is 0.356 e. The maximum absolute atomic E-state index is 4.60. The average Bonchev–Trinajstić information content (AvgIpc) is 3.04. The molecule has 2 fully saturated rings. The Morgan fingerprint density at radius 2 is 2.12 bits per heavy atom. The Morgan fingerprint density at radius 3 is 2.77 bits per heavy atom. The second-order valence-electron chi connectivity index (χ2n) is 8.14. The van der Waals surface area contributed by atoms with E-state index in [0.717, 1.165) is 30.9 Å². The second kappa shape index (κ2) is 9.70. The lowest BCUT2D eigenvalue weighted by Crippen LogP contribution is -2.47. The van der Waals surface area contributed by atoms with Crippen molar-refractivity contribution in [2.45, 2.75) is 65.0 Å². The van der Waals surface area contributed by atoms with Crippen LogP contribution in [0.25, 0.3) is 0 Å². The smallest absolute Gasteiger partial charge is 0.191 e. The first-order chi connectivity index (χ1) is 12.6. The van der Waals surface area contributed by atoms with E-state index in [4.69, 9.17) is 0 Å². The van der Waals surface area contributed by atoms with Crippen molar-refractivity contribution in [1.82, 2.24) is 20.5 Å². The van der Waals surface area contributed by atoms with Crippen molar-refractivity contribution in [3.05, 3.63) is 16.1 Å². The number of rotatable bonds is 5. The highest BCUT2D eigenvalue weighted by molar-refractivity contribution is 7.09. The lowest BCUT2D eigenvalue weighted by atomic mass is 9.87. The summed E-state index contributed by atoms with van der Waals surface area (Å²) in [5, 5.41) is 10.6. The summed E-state index contributed by atoms with van der Waals surface area (Å²) >= 11 is 1.75. The van der Waals surface area contributed by atoms with Gasteiger partial charge in [-0.2, -0.15) is 0 Å². The molecule has 2 N–H and O–H groups in total. The molecule has 5 nitrogen and oxygen atoms in total. The van der Waals surface area contributed by atoms with Crippen LogP contribution in [-0.4, -0.2) is 48.6 Å². The molecule has 1 saturated heterocycles. The molecule has 1 aliphatic heterocycles. The van der Waals surface area contributed by atoms with E-state index in [0.29, 0.717) is 6.04 Å². The van der Waals surface area contributed by atoms with Gasteiger partial charge in [0.2, 0.25) is 0 Å². The maximum Gasteiger partial charge on any atom is 0.191 e. The van der Waals surface area contributed by atoms with E-state index >= 15 is 0 Å². The van der Waals surface area contributed by atoms with Crippen molar-refractivity contribution < 1.29 is 0 Å². The Hall–Kier alpha value is -1.14. The van der Waals surface area contributed by atoms with E-state index in [1.54, 1.807) is 11.3 Å². The molecule has 2 heterocycles. The van der Waals surface area contributed by atoms with Crippen molar-refractivity contribution in [1.29, 1.82) is 0 Å². The molecule has 1 aromatic heterocycles. The first kappa shape index (κ1) is 19.6. The van der Waals surface area contributed by atoms with Gasteiger partial charge < -0.3 is 10.6 Å². The highest BCUT2D eigenvalue weighted by Gasteiger charge is 2.22. The third-order valence-electron chi connectivity index (χ3n) is 5.82. The van der Waals surface area contributed by atoms with E-state index in [1.807, 2.05) is 7.05 Å². The quantitative estimate of drug-likeness (QED) is 0.610. The van der Waals surface area contributed by atoms with Crippen LogP contribution in [0.4, 0.5) is 0 Å². The minimum atomic E-state index is 0.591. The van der Waals surface area contributed by atoms with Crippen molar-refractivity contribution >= 4 is 17.3 Å². The molecular weight excluding hydrogens is 342 g/mol. The lowest BCUT2D eigenvalue weighted by Gasteiger charge is -2.32. The van der Waals surface area contributed by atoms with E-state index in [1.165, 1.54) is 62.3 Å². The van der Waals surface area contributed by atoms with E-state index in [-0.39, 0.29) is 0 Å². The Morgan fingerprint density at radius 1 is 1.31 bits per heavy atom. The molecule has 2 unspecified atom stereocenters. The Balaban J connectivity index is 1.35. The van der Waals surface area contributed by atoms with Crippen LogP contribution in [-0.2, 0) is 6.54 Å². The topological polar surface area (TPSA) is 52.6 Å². The van der Waals surface area contributed by atoms with Crippen LogP contribution in [0.1, 0.15) is 56.2 Å². The zero-order chi connectivity index (χ0) is 18.4. The lowest BCUT2D eigenvalue weighted by molar-refractivity contribution is 0.176. The van der Waals surface area contributed by atoms with Crippen molar-refractivity contribution in [2.75, 3.05) is 26.7 Å².